The Morgan fingerprint density at radius 2 is 1.84 bits per heavy atom. The number of aryl methyl sites for hydroxylation is 1. The van der Waals surface area contributed by atoms with E-state index in [0.717, 1.165) is 12.1 Å². The summed E-state index contributed by atoms with van der Waals surface area (Å²) in [6.07, 6.45) is 0.320. The summed E-state index contributed by atoms with van der Waals surface area (Å²) in [6, 6.07) is 9.78. The molecule has 2 aromatic heterocycles. The number of nitrogen functional groups attached to an aromatic ring is 1. The van der Waals surface area contributed by atoms with Crippen LogP contribution in [-0.2, 0) is 21.4 Å². The summed E-state index contributed by atoms with van der Waals surface area (Å²) in [4.78, 5) is 31.8. The second-order valence-electron chi connectivity index (χ2n) is 8.83. The van der Waals surface area contributed by atoms with E-state index < -0.39 is 70.9 Å². The smallest absolute Gasteiger partial charge is 0.347 e. The van der Waals surface area contributed by atoms with Crippen LogP contribution in [0.1, 0.15) is 18.9 Å². The number of esters is 1. The van der Waals surface area contributed by atoms with Crippen molar-refractivity contribution in [3.05, 3.63) is 72.1 Å². The number of pyridine rings is 1. The normalized spacial score (nSPS) is 11.4. The van der Waals surface area contributed by atoms with Crippen LogP contribution < -0.4 is 19.9 Å². The average Bonchev–Trinajstić information content (AvgIpc) is 3.39. The zero-order chi connectivity index (χ0) is 31.3. The van der Waals surface area contributed by atoms with Gasteiger partial charge in [0, 0.05) is 30.6 Å². The Labute approximate surface area is 242 Å². The lowest BCUT2D eigenvalue weighted by Crippen LogP contribution is -2.32. The maximum atomic E-state index is 15.8. The van der Waals surface area contributed by atoms with Crippen LogP contribution in [0.25, 0.3) is 11.4 Å². The molecule has 0 aliphatic heterocycles. The fourth-order valence-electron chi connectivity index (χ4n) is 3.75. The van der Waals surface area contributed by atoms with Crippen molar-refractivity contribution >= 4 is 17.8 Å². The number of hydrogen-bond donors (Lipinski definition) is 4. The fourth-order valence-corrected chi connectivity index (χ4v) is 3.75. The van der Waals surface area contributed by atoms with Gasteiger partial charge >= 0.3 is 11.9 Å². The molecule has 2 heterocycles. The van der Waals surface area contributed by atoms with Crippen LogP contribution >= 0.6 is 0 Å². The monoisotopic (exact) mass is 597 g/mol. The van der Waals surface area contributed by atoms with E-state index >= 15 is 8.78 Å². The molecule has 0 amide bonds. The summed E-state index contributed by atoms with van der Waals surface area (Å²) in [5, 5.41) is 27.1. The summed E-state index contributed by atoms with van der Waals surface area (Å²) >= 11 is 0. The molecule has 0 spiro atoms. The minimum atomic E-state index is -1.97. The van der Waals surface area contributed by atoms with Crippen LogP contribution in [0.5, 0.6) is 34.8 Å². The van der Waals surface area contributed by atoms with Crippen LogP contribution in [0.15, 0.2) is 54.9 Å². The highest BCUT2D eigenvalue weighted by Gasteiger charge is 2.32. The summed E-state index contributed by atoms with van der Waals surface area (Å²) in [5.74, 6) is -9.73. The molecule has 15 heteroatoms. The molecular weight excluding hydrogens is 572 g/mol. The number of rotatable bonds is 12. The van der Waals surface area contributed by atoms with Gasteiger partial charge in [-0.2, -0.15) is 13.8 Å². The van der Waals surface area contributed by atoms with Gasteiger partial charge in [-0.3, -0.25) is 10.2 Å². The molecule has 0 aliphatic carbocycles. The number of ether oxygens (including phenoxy) is 4. The number of phenols is 1. The Kier molecular flexibility index (Phi) is 9.03. The van der Waals surface area contributed by atoms with Crippen molar-refractivity contribution in [2.45, 2.75) is 19.4 Å². The first-order valence-corrected chi connectivity index (χ1v) is 12.5. The van der Waals surface area contributed by atoms with E-state index in [4.69, 9.17) is 30.1 Å². The highest BCUT2D eigenvalue weighted by Crippen LogP contribution is 2.40. The number of nitrogens with zero attached hydrogens (tertiary/aromatic N) is 3. The van der Waals surface area contributed by atoms with Gasteiger partial charge in [-0.15, -0.1) is 0 Å². The minimum Gasteiger partial charge on any atom is -0.504 e. The van der Waals surface area contributed by atoms with E-state index in [9.17, 15) is 19.8 Å². The zero-order valence-corrected chi connectivity index (χ0v) is 22.7. The molecule has 0 saturated carbocycles. The van der Waals surface area contributed by atoms with Crippen LogP contribution in [0.4, 0.5) is 8.78 Å². The van der Waals surface area contributed by atoms with Crippen molar-refractivity contribution in [2.24, 2.45) is 12.8 Å². The highest BCUT2D eigenvalue weighted by atomic mass is 19.1. The molecule has 0 fully saturated rings. The van der Waals surface area contributed by atoms with Crippen LogP contribution in [0.2, 0.25) is 0 Å². The number of carbonyl (C=O) groups is 2. The lowest BCUT2D eigenvalue weighted by atomic mass is 10.2. The fraction of sp³-hybridized carbons (Fsp3) is 0.179. The predicted octanol–water partition coefficient (Wildman–Crippen LogP) is 4.12. The number of imidazole rings is 1. The molecule has 4 aromatic rings. The maximum Gasteiger partial charge on any atom is 0.347 e. The second kappa shape index (κ2) is 12.8. The third-order valence-corrected chi connectivity index (χ3v) is 5.75. The molecule has 224 valence electrons. The van der Waals surface area contributed by atoms with Crippen molar-refractivity contribution in [3.8, 4) is 46.1 Å². The number of carbonyl (C=O) groups excluding carboxylic acids is 1. The highest BCUT2D eigenvalue weighted by molar-refractivity contribution is 5.95. The number of carboxylic acids is 1. The first-order chi connectivity index (χ1) is 20.5. The molecule has 0 bridgehead atoms. The number of aromatic hydroxyl groups is 1. The SMILES string of the molecule is CCOC(=O)C(CC(=O)O)Oc1c(F)c(Oc2cccc(-c3nccn3C)c2)nc(Oc2cc(C(=N)N)ccc2O)c1F. The van der Waals surface area contributed by atoms with Gasteiger partial charge in [0.05, 0.1) is 13.0 Å². The van der Waals surface area contributed by atoms with Crippen LogP contribution in [0, 0.1) is 17.0 Å². The molecular formula is C28H25F2N5O8. The van der Waals surface area contributed by atoms with E-state index in [1.165, 1.54) is 25.1 Å². The van der Waals surface area contributed by atoms with Gasteiger partial charge in [0.2, 0.25) is 23.5 Å². The summed E-state index contributed by atoms with van der Waals surface area (Å²) < 4.78 is 54.2. The third-order valence-electron chi connectivity index (χ3n) is 5.75. The molecule has 2 aromatic carbocycles. The lowest BCUT2D eigenvalue weighted by Gasteiger charge is -2.19. The molecule has 4 rings (SSSR count). The van der Waals surface area contributed by atoms with Crippen LogP contribution in [0.3, 0.4) is 0 Å². The number of nitrogens with one attached hydrogen (secondary N) is 1. The van der Waals surface area contributed by atoms with Gasteiger partial charge in [-0.05, 0) is 37.3 Å². The summed E-state index contributed by atoms with van der Waals surface area (Å²) in [7, 11) is 1.76. The Morgan fingerprint density at radius 3 is 2.47 bits per heavy atom. The standard InChI is InChI=1S/C28H25F2N5O8/c1-3-40-28(39)19(13-20(37)38)42-23-21(29)26(41-16-6-4-5-15(11-16)25-33-9-10-35(25)2)34-27(22(23)30)43-18-12-14(24(31)32)7-8-17(18)36/h4-12,19,36H,3,13H2,1-2H3,(H3,31,32)(H,37,38). The first kappa shape index (κ1) is 30.2. The van der Waals surface area contributed by atoms with Gasteiger partial charge in [0.1, 0.15) is 17.4 Å². The number of benzene rings is 2. The first-order valence-electron chi connectivity index (χ1n) is 12.5. The Balaban J connectivity index is 1.82. The van der Waals surface area contributed by atoms with Crippen molar-refractivity contribution in [1.29, 1.82) is 5.41 Å². The van der Waals surface area contributed by atoms with E-state index in [0.29, 0.717) is 11.4 Å². The van der Waals surface area contributed by atoms with Crippen LogP contribution in [-0.4, -0.2) is 55.2 Å². The number of aromatic nitrogens is 3. The van der Waals surface area contributed by atoms with Crippen molar-refractivity contribution in [3.63, 3.8) is 0 Å². The average molecular weight is 598 g/mol. The van der Waals surface area contributed by atoms with Gasteiger partial charge in [-0.25, -0.2) is 9.78 Å². The number of phenolic OH excluding ortho intramolecular Hbond substituents is 1. The van der Waals surface area contributed by atoms with Gasteiger partial charge in [-0.1, -0.05) is 12.1 Å². The predicted molar refractivity (Wildman–Crippen MR) is 145 cm³/mol. The zero-order valence-electron chi connectivity index (χ0n) is 22.7. The quantitative estimate of drug-likeness (QED) is 0.104. The van der Waals surface area contributed by atoms with E-state index in [1.807, 2.05) is 0 Å². The number of aliphatic carboxylic acids is 1. The molecule has 1 unspecified atom stereocenters. The van der Waals surface area contributed by atoms with Gasteiger partial charge in [0.25, 0.3) is 11.8 Å². The van der Waals surface area contributed by atoms with E-state index in [-0.39, 0.29) is 17.9 Å². The number of halogens is 2. The number of carboxylic acid groups (broad SMARTS) is 1. The van der Waals surface area contributed by atoms with Crippen molar-refractivity contribution in [1.82, 2.24) is 14.5 Å². The van der Waals surface area contributed by atoms with Crippen molar-refractivity contribution in [2.75, 3.05) is 6.61 Å². The molecule has 5 N–H and O–H groups in total. The molecule has 1 atom stereocenters. The number of amidine groups is 1. The molecule has 0 radical (unpaired) electrons. The number of hydrogen-bond acceptors (Lipinski definition) is 10. The molecule has 0 aliphatic rings. The Hall–Kier alpha value is -5.73. The summed E-state index contributed by atoms with van der Waals surface area (Å²) in [5.41, 5.74) is 6.16. The Bertz CT molecular complexity index is 1690. The molecule has 0 saturated heterocycles. The number of nitrogens with two attached hydrogens (primary N) is 1. The largest absolute Gasteiger partial charge is 0.504 e. The van der Waals surface area contributed by atoms with E-state index in [2.05, 4.69) is 9.97 Å². The topological polar surface area (TPSA) is 192 Å². The molecule has 43 heavy (non-hydrogen) atoms. The lowest BCUT2D eigenvalue weighted by molar-refractivity contribution is -0.156. The van der Waals surface area contributed by atoms with Crippen molar-refractivity contribution < 1.29 is 47.5 Å². The van der Waals surface area contributed by atoms with Gasteiger partial charge in [0.15, 0.2) is 11.5 Å². The molecule has 13 nitrogen and oxygen atoms in total. The Morgan fingerprint density at radius 1 is 1.12 bits per heavy atom. The third kappa shape index (κ3) is 6.95. The minimum absolute atomic E-state index is 0.0318. The van der Waals surface area contributed by atoms with Gasteiger partial charge < -0.3 is 39.5 Å². The second-order valence-corrected chi connectivity index (χ2v) is 8.83. The van der Waals surface area contributed by atoms with E-state index in [1.54, 1.807) is 36.1 Å². The summed E-state index contributed by atoms with van der Waals surface area (Å²) in [6.45, 7) is 1.28. The maximum absolute atomic E-state index is 15.8.